The van der Waals surface area contributed by atoms with E-state index in [1.807, 2.05) is 0 Å². The summed E-state index contributed by atoms with van der Waals surface area (Å²) in [6.45, 7) is 12.2. The lowest BCUT2D eigenvalue weighted by molar-refractivity contribution is -0.148. The highest BCUT2D eigenvalue weighted by molar-refractivity contribution is 5.69. The van der Waals surface area contributed by atoms with Crippen LogP contribution in [0.5, 0.6) is 0 Å². The molecule has 0 heterocycles. The van der Waals surface area contributed by atoms with Gasteiger partial charge < -0.3 is 24.2 Å². The summed E-state index contributed by atoms with van der Waals surface area (Å²) in [5.41, 5.74) is 0. The molecular formula is C45H91NO5. The lowest BCUT2D eigenvalue weighted by Gasteiger charge is -2.21. The second-order valence-electron chi connectivity index (χ2n) is 15.4. The van der Waals surface area contributed by atoms with Crippen molar-refractivity contribution in [2.45, 2.75) is 239 Å². The van der Waals surface area contributed by atoms with E-state index >= 15 is 0 Å². The van der Waals surface area contributed by atoms with Crippen molar-refractivity contribution in [1.82, 2.24) is 4.90 Å². The molecule has 0 amide bonds. The SMILES string of the molecule is CCCCCCCCCOC(=O)CCCCCCCN(CCO)CCCCCCCC(OCCCCCCCCC)OCCCCCCCCC. The molecule has 0 aliphatic rings. The molecule has 51 heavy (non-hydrogen) atoms. The summed E-state index contributed by atoms with van der Waals surface area (Å²) in [6, 6.07) is 0. The van der Waals surface area contributed by atoms with Gasteiger partial charge in [0.05, 0.1) is 13.2 Å². The van der Waals surface area contributed by atoms with Crippen molar-refractivity contribution in [3.8, 4) is 0 Å². The maximum atomic E-state index is 12.0. The van der Waals surface area contributed by atoms with Crippen LogP contribution in [0.3, 0.4) is 0 Å². The molecular weight excluding hydrogens is 634 g/mol. The molecule has 6 nitrogen and oxygen atoms in total. The van der Waals surface area contributed by atoms with Gasteiger partial charge in [0.15, 0.2) is 6.29 Å². The van der Waals surface area contributed by atoms with Crippen LogP contribution in [0.2, 0.25) is 0 Å². The van der Waals surface area contributed by atoms with Crippen molar-refractivity contribution in [2.24, 2.45) is 0 Å². The number of aliphatic hydroxyl groups excluding tert-OH is 1. The number of hydrogen-bond acceptors (Lipinski definition) is 6. The molecule has 0 atom stereocenters. The number of unbranched alkanes of at least 4 members (excludes halogenated alkanes) is 26. The highest BCUT2D eigenvalue weighted by atomic mass is 16.7. The fourth-order valence-electron chi connectivity index (χ4n) is 6.87. The quantitative estimate of drug-likeness (QED) is 0.0383. The fourth-order valence-corrected chi connectivity index (χ4v) is 6.87. The van der Waals surface area contributed by atoms with E-state index < -0.39 is 0 Å². The lowest BCUT2D eigenvalue weighted by atomic mass is 10.1. The molecule has 0 aliphatic heterocycles. The van der Waals surface area contributed by atoms with Gasteiger partial charge >= 0.3 is 5.97 Å². The monoisotopic (exact) mass is 726 g/mol. The molecule has 0 fully saturated rings. The second-order valence-corrected chi connectivity index (χ2v) is 15.4. The van der Waals surface area contributed by atoms with Crippen molar-refractivity contribution in [1.29, 1.82) is 0 Å². The zero-order valence-electron chi connectivity index (χ0n) is 34.9. The minimum absolute atomic E-state index is 0.0193. The number of ether oxygens (including phenoxy) is 3. The first-order valence-electron chi connectivity index (χ1n) is 22.9. The van der Waals surface area contributed by atoms with Gasteiger partial charge in [0.1, 0.15) is 0 Å². The zero-order chi connectivity index (χ0) is 37.1. The van der Waals surface area contributed by atoms with Crippen LogP contribution in [0.25, 0.3) is 0 Å². The van der Waals surface area contributed by atoms with E-state index in [0.717, 1.165) is 71.4 Å². The predicted molar refractivity (Wildman–Crippen MR) is 220 cm³/mol. The molecule has 0 spiro atoms. The standard InChI is InChI=1S/C45H91NO5/c1-4-7-10-13-16-25-32-41-49-44(48)35-28-21-19-23-30-37-46(39-40-47)38-31-24-20-22-29-36-45(50-42-33-26-17-14-11-8-5-2)51-43-34-27-18-15-12-9-6-3/h45,47H,4-43H2,1-3H3. The van der Waals surface area contributed by atoms with Gasteiger partial charge in [-0.2, -0.15) is 0 Å². The van der Waals surface area contributed by atoms with E-state index in [0.29, 0.717) is 13.0 Å². The minimum Gasteiger partial charge on any atom is -0.466 e. The van der Waals surface area contributed by atoms with Gasteiger partial charge in [-0.05, 0) is 64.5 Å². The van der Waals surface area contributed by atoms with Crippen molar-refractivity contribution in [2.75, 3.05) is 46.1 Å². The van der Waals surface area contributed by atoms with Crippen LogP contribution in [0.1, 0.15) is 233 Å². The Hall–Kier alpha value is -0.690. The van der Waals surface area contributed by atoms with Gasteiger partial charge in [0, 0.05) is 26.2 Å². The van der Waals surface area contributed by atoms with Gasteiger partial charge in [-0.25, -0.2) is 0 Å². The number of carbonyl (C=O) groups excluding carboxylic acids is 1. The molecule has 0 aromatic rings. The van der Waals surface area contributed by atoms with Crippen LogP contribution >= 0.6 is 0 Å². The predicted octanol–water partition coefficient (Wildman–Crippen LogP) is 13.1. The van der Waals surface area contributed by atoms with Gasteiger partial charge in [-0.3, -0.25) is 4.79 Å². The highest BCUT2D eigenvalue weighted by Gasteiger charge is 2.10. The molecule has 0 rings (SSSR count). The molecule has 306 valence electrons. The number of carbonyl (C=O) groups is 1. The smallest absolute Gasteiger partial charge is 0.305 e. The third kappa shape index (κ3) is 40.3. The largest absolute Gasteiger partial charge is 0.466 e. The summed E-state index contributed by atoms with van der Waals surface area (Å²) in [4.78, 5) is 14.4. The molecule has 6 heteroatoms. The van der Waals surface area contributed by atoms with Crippen LogP contribution in [0, 0.1) is 0 Å². The van der Waals surface area contributed by atoms with Crippen molar-refractivity contribution < 1.29 is 24.1 Å². The maximum absolute atomic E-state index is 12.0. The molecule has 0 aromatic carbocycles. The van der Waals surface area contributed by atoms with E-state index in [1.54, 1.807) is 0 Å². The van der Waals surface area contributed by atoms with Gasteiger partial charge in [0.2, 0.25) is 0 Å². The van der Waals surface area contributed by atoms with E-state index in [2.05, 4.69) is 25.7 Å². The first-order chi connectivity index (χ1) is 25.2. The Morgan fingerprint density at radius 3 is 1.27 bits per heavy atom. The van der Waals surface area contributed by atoms with E-state index in [-0.39, 0.29) is 18.9 Å². The van der Waals surface area contributed by atoms with Crippen molar-refractivity contribution in [3.63, 3.8) is 0 Å². The van der Waals surface area contributed by atoms with E-state index in [4.69, 9.17) is 14.2 Å². The summed E-state index contributed by atoms with van der Waals surface area (Å²) in [7, 11) is 0. The minimum atomic E-state index is -0.0289. The number of esters is 1. The third-order valence-corrected chi connectivity index (χ3v) is 10.3. The Morgan fingerprint density at radius 2 is 0.824 bits per heavy atom. The zero-order valence-corrected chi connectivity index (χ0v) is 34.9. The Balaban J connectivity index is 3.98. The van der Waals surface area contributed by atoms with Crippen LogP contribution in [0.4, 0.5) is 0 Å². The topological polar surface area (TPSA) is 68.2 Å². The molecule has 0 saturated carbocycles. The molecule has 0 aromatic heterocycles. The van der Waals surface area contributed by atoms with Crippen LogP contribution in [-0.2, 0) is 19.0 Å². The van der Waals surface area contributed by atoms with Crippen molar-refractivity contribution >= 4 is 5.97 Å². The summed E-state index contributed by atoms with van der Waals surface area (Å²) in [6.07, 6.45) is 40.3. The van der Waals surface area contributed by atoms with E-state index in [1.165, 1.54) is 167 Å². The summed E-state index contributed by atoms with van der Waals surface area (Å²) < 4.78 is 17.9. The number of rotatable bonds is 44. The molecule has 0 aliphatic carbocycles. The fraction of sp³-hybridized carbons (Fsp3) is 0.978. The van der Waals surface area contributed by atoms with Crippen LogP contribution in [0.15, 0.2) is 0 Å². The Labute approximate surface area is 319 Å². The second kappa shape index (κ2) is 43.7. The number of nitrogens with zero attached hydrogens (tertiary/aromatic N) is 1. The average Bonchev–Trinajstić information content (AvgIpc) is 3.13. The lowest BCUT2D eigenvalue weighted by Crippen LogP contribution is -2.29. The normalized spacial score (nSPS) is 11.7. The summed E-state index contributed by atoms with van der Waals surface area (Å²) in [5.74, 6) is -0.0193. The Bertz CT molecular complexity index is 643. The number of aliphatic hydroxyl groups is 1. The molecule has 0 bridgehead atoms. The van der Waals surface area contributed by atoms with Crippen molar-refractivity contribution in [3.05, 3.63) is 0 Å². The maximum Gasteiger partial charge on any atom is 0.305 e. The molecule has 1 N–H and O–H groups in total. The van der Waals surface area contributed by atoms with Gasteiger partial charge in [-0.15, -0.1) is 0 Å². The summed E-state index contributed by atoms with van der Waals surface area (Å²) in [5, 5.41) is 9.58. The molecule has 0 radical (unpaired) electrons. The van der Waals surface area contributed by atoms with Gasteiger partial charge in [-0.1, -0.05) is 175 Å². The number of hydrogen-bond donors (Lipinski definition) is 1. The Morgan fingerprint density at radius 1 is 0.451 bits per heavy atom. The highest BCUT2D eigenvalue weighted by Crippen LogP contribution is 2.15. The third-order valence-electron chi connectivity index (χ3n) is 10.3. The summed E-state index contributed by atoms with van der Waals surface area (Å²) >= 11 is 0. The van der Waals surface area contributed by atoms with Crippen LogP contribution < -0.4 is 0 Å². The Kier molecular flexibility index (Phi) is 43.1. The average molecular weight is 726 g/mol. The first-order valence-corrected chi connectivity index (χ1v) is 22.9. The van der Waals surface area contributed by atoms with Gasteiger partial charge in [0.25, 0.3) is 0 Å². The van der Waals surface area contributed by atoms with E-state index in [9.17, 15) is 9.90 Å². The molecule has 0 saturated heterocycles. The molecule has 0 unspecified atom stereocenters. The van der Waals surface area contributed by atoms with Crippen LogP contribution in [-0.4, -0.2) is 68.3 Å². The first kappa shape index (κ1) is 50.3.